The fourth-order valence-corrected chi connectivity index (χ4v) is 2.68. The molecule has 0 atom stereocenters. The average Bonchev–Trinajstić information content (AvgIpc) is 2.57. The number of benzene rings is 2. The first-order valence-corrected chi connectivity index (χ1v) is 7.76. The van der Waals surface area contributed by atoms with E-state index in [1.54, 1.807) is 31.2 Å². The Hall–Kier alpha value is -3.08. The summed E-state index contributed by atoms with van der Waals surface area (Å²) in [5.41, 5.74) is 1.73. The van der Waals surface area contributed by atoms with Crippen molar-refractivity contribution in [1.29, 1.82) is 0 Å². The predicted octanol–water partition coefficient (Wildman–Crippen LogP) is 3.49. The van der Waals surface area contributed by atoms with E-state index in [1.807, 2.05) is 31.2 Å². The van der Waals surface area contributed by atoms with E-state index in [0.717, 1.165) is 16.7 Å². The zero-order chi connectivity index (χ0) is 17.1. The summed E-state index contributed by atoms with van der Waals surface area (Å²) in [6, 6.07) is 14.5. The van der Waals surface area contributed by atoms with Gasteiger partial charge in [-0.15, -0.1) is 0 Å². The lowest BCUT2D eigenvalue weighted by Gasteiger charge is -2.10. The molecule has 0 saturated heterocycles. The summed E-state index contributed by atoms with van der Waals surface area (Å²) in [6.45, 7) is 4.27. The second kappa shape index (κ2) is 6.58. The van der Waals surface area contributed by atoms with Crippen LogP contribution in [0.3, 0.4) is 0 Å². The van der Waals surface area contributed by atoms with Gasteiger partial charge >= 0.3 is 0 Å². The molecule has 0 aliphatic carbocycles. The van der Waals surface area contributed by atoms with Gasteiger partial charge in [0.2, 0.25) is 0 Å². The Balaban J connectivity index is 1.92. The van der Waals surface area contributed by atoms with E-state index < -0.39 is 11.5 Å². The third-order valence-electron chi connectivity index (χ3n) is 3.83. The van der Waals surface area contributed by atoms with Crippen LogP contribution in [0.1, 0.15) is 22.8 Å². The number of anilines is 1. The van der Waals surface area contributed by atoms with Crippen molar-refractivity contribution < 1.29 is 9.53 Å². The average molecular weight is 322 g/mol. The number of carbonyl (C=O) groups is 1. The van der Waals surface area contributed by atoms with Crippen LogP contribution in [0.25, 0.3) is 10.9 Å². The second-order valence-electron chi connectivity index (χ2n) is 5.41. The van der Waals surface area contributed by atoms with Crippen LogP contribution in [-0.2, 0) is 0 Å². The van der Waals surface area contributed by atoms with Gasteiger partial charge in [-0.1, -0.05) is 18.2 Å². The summed E-state index contributed by atoms with van der Waals surface area (Å²) >= 11 is 0. The first-order chi connectivity index (χ1) is 11.6. The first-order valence-electron chi connectivity index (χ1n) is 7.76. The fourth-order valence-electron chi connectivity index (χ4n) is 2.68. The fraction of sp³-hybridized carbons (Fsp3) is 0.158. The van der Waals surface area contributed by atoms with Crippen LogP contribution in [0.4, 0.5) is 5.69 Å². The largest absolute Gasteiger partial charge is 0.494 e. The highest BCUT2D eigenvalue weighted by molar-refractivity contribution is 6.07. The topological polar surface area (TPSA) is 71.2 Å². The van der Waals surface area contributed by atoms with Crippen LogP contribution in [0.15, 0.2) is 53.3 Å². The summed E-state index contributed by atoms with van der Waals surface area (Å²) < 4.78 is 5.37. The molecular formula is C19H18N2O3. The molecule has 1 heterocycles. The van der Waals surface area contributed by atoms with Gasteiger partial charge in [0.25, 0.3) is 11.5 Å². The van der Waals surface area contributed by atoms with E-state index in [1.165, 1.54) is 0 Å². The van der Waals surface area contributed by atoms with Gasteiger partial charge in [-0.2, -0.15) is 0 Å². The number of ether oxygens (including phenoxy) is 1. The van der Waals surface area contributed by atoms with Crippen molar-refractivity contribution in [2.75, 3.05) is 11.9 Å². The van der Waals surface area contributed by atoms with Gasteiger partial charge in [0.15, 0.2) is 0 Å². The van der Waals surface area contributed by atoms with Crippen molar-refractivity contribution in [2.24, 2.45) is 0 Å². The van der Waals surface area contributed by atoms with Gasteiger partial charge in [0.1, 0.15) is 11.3 Å². The van der Waals surface area contributed by atoms with E-state index in [2.05, 4.69) is 10.3 Å². The van der Waals surface area contributed by atoms with Crippen molar-refractivity contribution >= 4 is 22.5 Å². The van der Waals surface area contributed by atoms with Gasteiger partial charge in [0.05, 0.1) is 6.61 Å². The standard InChI is InChI=1S/C19H18N2O3/c1-3-24-14-10-8-13(9-11-14)20-18(22)17-12(2)15-6-4-5-7-16(15)21-19(17)23/h4-11H,3H2,1-2H3,(H,20,22)(H,21,23). The monoisotopic (exact) mass is 322 g/mol. The Kier molecular flexibility index (Phi) is 4.33. The summed E-state index contributed by atoms with van der Waals surface area (Å²) in [7, 11) is 0. The highest BCUT2D eigenvalue weighted by atomic mass is 16.5. The summed E-state index contributed by atoms with van der Waals surface area (Å²) in [6.07, 6.45) is 0. The molecule has 0 unspecified atom stereocenters. The van der Waals surface area contributed by atoms with Crippen molar-refractivity contribution in [3.63, 3.8) is 0 Å². The molecule has 2 aromatic carbocycles. The maximum absolute atomic E-state index is 12.5. The Morgan fingerprint density at radius 2 is 1.83 bits per heavy atom. The van der Waals surface area contributed by atoms with E-state index in [-0.39, 0.29) is 5.56 Å². The molecule has 0 radical (unpaired) electrons. The van der Waals surface area contributed by atoms with Crippen molar-refractivity contribution in [2.45, 2.75) is 13.8 Å². The molecule has 3 aromatic rings. The Morgan fingerprint density at radius 3 is 2.54 bits per heavy atom. The van der Waals surface area contributed by atoms with Crippen molar-refractivity contribution in [3.05, 3.63) is 70.0 Å². The summed E-state index contributed by atoms with van der Waals surface area (Å²) in [5, 5.41) is 3.61. The molecule has 0 spiro atoms. The highest BCUT2D eigenvalue weighted by Crippen LogP contribution is 2.19. The van der Waals surface area contributed by atoms with Crippen molar-refractivity contribution in [1.82, 2.24) is 4.98 Å². The quantitative estimate of drug-likeness (QED) is 0.772. The molecule has 0 aliphatic rings. The van der Waals surface area contributed by atoms with E-state index >= 15 is 0 Å². The number of aromatic amines is 1. The lowest BCUT2D eigenvalue weighted by molar-refractivity contribution is 0.102. The molecule has 0 bridgehead atoms. The molecule has 3 rings (SSSR count). The number of fused-ring (bicyclic) bond motifs is 1. The number of hydrogen-bond donors (Lipinski definition) is 2. The van der Waals surface area contributed by atoms with Crippen LogP contribution < -0.4 is 15.6 Å². The van der Waals surface area contributed by atoms with E-state index in [0.29, 0.717) is 17.9 Å². The Bertz CT molecular complexity index is 943. The van der Waals surface area contributed by atoms with Crippen LogP contribution in [0.5, 0.6) is 5.75 Å². The number of amides is 1. The number of rotatable bonds is 4. The summed E-state index contributed by atoms with van der Waals surface area (Å²) in [4.78, 5) is 27.6. The number of para-hydroxylation sites is 1. The van der Waals surface area contributed by atoms with Gasteiger partial charge in [0, 0.05) is 16.6 Å². The maximum atomic E-state index is 12.5. The molecule has 5 nitrogen and oxygen atoms in total. The van der Waals surface area contributed by atoms with Gasteiger partial charge in [-0.25, -0.2) is 0 Å². The molecule has 0 aliphatic heterocycles. The number of carbonyl (C=O) groups excluding carboxylic acids is 1. The lowest BCUT2D eigenvalue weighted by atomic mass is 10.0. The maximum Gasteiger partial charge on any atom is 0.261 e. The highest BCUT2D eigenvalue weighted by Gasteiger charge is 2.16. The molecular weight excluding hydrogens is 304 g/mol. The minimum Gasteiger partial charge on any atom is -0.494 e. The lowest BCUT2D eigenvalue weighted by Crippen LogP contribution is -2.25. The second-order valence-corrected chi connectivity index (χ2v) is 5.41. The number of pyridine rings is 1. The van der Waals surface area contributed by atoms with Crippen molar-refractivity contribution in [3.8, 4) is 5.75 Å². The number of nitrogens with one attached hydrogen (secondary N) is 2. The molecule has 122 valence electrons. The van der Waals surface area contributed by atoms with Gasteiger partial charge in [-0.05, 0) is 49.7 Å². The van der Waals surface area contributed by atoms with Crippen LogP contribution in [-0.4, -0.2) is 17.5 Å². The molecule has 1 aromatic heterocycles. The molecule has 5 heteroatoms. The minimum atomic E-state index is -0.427. The van der Waals surface area contributed by atoms with Gasteiger partial charge < -0.3 is 15.0 Å². The smallest absolute Gasteiger partial charge is 0.261 e. The first kappa shape index (κ1) is 15.8. The molecule has 0 fully saturated rings. The minimum absolute atomic E-state index is 0.127. The molecule has 1 amide bonds. The number of hydrogen-bond acceptors (Lipinski definition) is 3. The van der Waals surface area contributed by atoms with Crippen LogP contribution in [0.2, 0.25) is 0 Å². The zero-order valence-corrected chi connectivity index (χ0v) is 13.6. The normalized spacial score (nSPS) is 10.6. The molecule has 2 N–H and O–H groups in total. The third-order valence-corrected chi connectivity index (χ3v) is 3.83. The SMILES string of the molecule is CCOc1ccc(NC(=O)c2c(C)c3ccccc3[nH]c2=O)cc1. The third kappa shape index (κ3) is 3.01. The Labute approximate surface area is 139 Å². The number of H-pyrrole nitrogens is 1. The number of aromatic nitrogens is 1. The van der Waals surface area contributed by atoms with E-state index in [4.69, 9.17) is 4.74 Å². The van der Waals surface area contributed by atoms with E-state index in [9.17, 15) is 9.59 Å². The summed E-state index contributed by atoms with van der Waals surface area (Å²) in [5.74, 6) is 0.305. The zero-order valence-electron chi connectivity index (χ0n) is 13.6. The van der Waals surface area contributed by atoms with Gasteiger partial charge in [-0.3, -0.25) is 9.59 Å². The predicted molar refractivity (Wildman–Crippen MR) is 94.9 cm³/mol. The van der Waals surface area contributed by atoms with Crippen LogP contribution in [0, 0.1) is 6.92 Å². The Morgan fingerprint density at radius 1 is 1.12 bits per heavy atom. The molecule has 0 saturated carbocycles. The molecule has 24 heavy (non-hydrogen) atoms. The number of aryl methyl sites for hydroxylation is 1. The van der Waals surface area contributed by atoms with Crippen LogP contribution >= 0.6 is 0 Å².